The molecule has 0 fully saturated rings. The molecule has 1 unspecified atom stereocenters. The second kappa shape index (κ2) is 7.27. The first-order valence-corrected chi connectivity index (χ1v) is 7.97. The minimum absolute atomic E-state index is 0.0150. The summed E-state index contributed by atoms with van der Waals surface area (Å²) in [4.78, 5) is 13.1. The van der Waals surface area contributed by atoms with Crippen LogP contribution in [-0.4, -0.2) is 12.5 Å². The highest BCUT2D eigenvalue weighted by atomic mass is 32.1. The van der Waals surface area contributed by atoms with Crippen molar-refractivity contribution in [2.45, 2.75) is 33.2 Å². The minimum atomic E-state index is 0.0150. The standard InChI is InChI=1S/C17H21NO2S/c1-12-6-7-13(2)15(11-12)20-9-8-17(19)18-14(3)16-5-4-10-21-16/h4-7,10-11,14H,8-9H2,1-3H3,(H,18,19). The van der Waals surface area contributed by atoms with Crippen molar-refractivity contribution in [2.75, 3.05) is 6.61 Å². The van der Waals surface area contributed by atoms with Crippen molar-refractivity contribution in [3.63, 3.8) is 0 Å². The Morgan fingerprint density at radius 1 is 1.33 bits per heavy atom. The van der Waals surface area contributed by atoms with E-state index in [9.17, 15) is 4.79 Å². The van der Waals surface area contributed by atoms with Crippen molar-refractivity contribution in [3.05, 3.63) is 51.7 Å². The second-order valence-corrected chi connectivity index (χ2v) is 6.15. The first-order valence-electron chi connectivity index (χ1n) is 7.09. The van der Waals surface area contributed by atoms with Crippen LogP contribution in [0.25, 0.3) is 0 Å². The molecule has 0 saturated heterocycles. The lowest BCUT2D eigenvalue weighted by molar-refractivity contribution is -0.122. The third-order valence-electron chi connectivity index (χ3n) is 3.28. The molecule has 21 heavy (non-hydrogen) atoms. The zero-order chi connectivity index (χ0) is 15.2. The van der Waals surface area contributed by atoms with Crippen LogP contribution in [0.15, 0.2) is 35.7 Å². The molecular formula is C17H21NO2S. The van der Waals surface area contributed by atoms with E-state index < -0.39 is 0 Å². The van der Waals surface area contributed by atoms with Crippen molar-refractivity contribution in [3.8, 4) is 5.75 Å². The molecule has 0 aliphatic heterocycles. The number of ether oxygens (including phenoxy) is 1. The van der Waals surface area contributed by atoms with Crippen molar-refractivity contribution in [1.29, 1.82) is 0 Å². The molecule has 0 aliphatic carbocycles. The molecule has 0 bridgehead atoms. The summed E-state index contributed by atoms with van der Waals surface area (Å²) in [6.45, 7) is 6.43. The van der Waals surface area contributed by atoms with E-state index in [4.69, 9.17) is 4.74 Å². The van der Waals surface area contributed by atoms with Crippen LogP contribution in [0.4, 0.5) is 0 Å². The number of aryl methyl sites for hydroxylation is 2. The van der Waals surface area contributed by atoms with Gasteiger partial charge >= 0.3 is 0 Å². The SMILES string of the molecule is Cc1ccc(C)c(OCCC(=O)NC(C)c2cccs2)c1. The molecule has 1 heterocycles. The highest BCUT2D eigenvalue weighted by molar-refractivity contribution is 7.10. The third-order valence-corrected chi connectivity index (χ3v) is 4.33. The molecule has 1 atom stereocenters. The van der Waals surface area contributed by atoms with Crippen LogP contribution in [0.1, 0.15) is 35.4 Å². The quantitative estimate of drug-likeness (QED) is 0.875. The largest absolute Gasteiger partial charge is 0.493 e. The molecule has 112 valence electrons. The van der Waals surface area contributed by atoms with Gasteiger partial charge in [-0.05, 0) is 49.4 Å². The molecule has 1 N–H and O–H groups in total. The maximum absolute atomic E-state index is 11.9. The van der Waals surface area contributed by atoms with Crippen molar-refractivity contribution in [2.24, 2.45) is 0 Å². The van der Waals surface area contributed by atoms with Crippen molar-refractivity contribution < 1.29 is 9.53 Å². The molecule has 1 aromatic carbocycles. The van der Waals surface area contributed by atoms with Gasteiger partial charge < -0.3 is 10.1 Å². The Labute approximate surface area is 130 Å². The van der Waals surface area contributed by atoms with Gasteiger partial charge in [0, 0.05) is 4.88 Å². The van der Waals surface area contributed by atoms with Crippen molar-refractivity contribution >= 4 is 17.2 Å². The summed E-state index contributed by atoms with van der Waals surface area (Å²) < 4.78 is 5.70. The summed E-state index contributed by atoms with van der Waals surface area (Å²) in [5, 5.41) is 5.00. The minimum Gasteiger partial charge on any atom is -0.493 e. The van der Waals surface area contributed by atoms with Crippen molar-refractivity contribution in [1.82, 2.24) is 5.32 Å². The van der Waals surface area contributed by atoms with Gasteiger partial charge in [-0.25, -0.2) is 0 Å². The first-order chi connectivity index (χ1) is 10.1. The highest BCUT2D eigenvalue weighted by Gasteiger charge is 2.10. The molecule has 0 radical (unpaired) electrons. The predicted molar refractivity (Wildman–Crippen MR) is 86.9 cm³/mol. The number of amides is 1. The van der Waals surface area contributed by atoms with Crippen LogP contribution in [0.3, 0.4) is 0 Å². The van der Waals surface area contributed by atoms with E-state index in [1.54, 1.807) is 11.3 Å². The molecule has 1 aromatic heterocycles. The normalized spacial score (nSPS) is 12.0. The van der Waals surface area contributed by atoms with Crippen LogP contribution in [-0.2, 0) is 4.79 Å². The molecule has 0 aliphatic rings. The van der Waals surface area contributed by atoms with E-state index in [0.717, 1.165) is 16.9 Å². The molecule has 0 spiro atoms. The van der Waals surface area contributed by atoms with E-state index in [-0.39, 0.29) is 11.9 Å². The Bertz CT molecular complexity index is 593. The van der Waals surface area contributed by atoms with Gasteiger partial charge in [-0.3, -0.25) is 4.79 Å². The number of carbonyl (C=O) groups excluding carboxylic acids is 1. The van der Waals surface area contributed by atoms with Crippen LogP contribution in [0, 0.1) is 13.8 Å². The number of nitrogens with one attached hydrogen (secondary N) is 1. The number of hydrogen-bond acceptors (Lipinski definition) is 3. The fourth-order valence-electron chi connectivity index (χ4n) is 2.04. The lowest BCUT2D eigenvalue weighted by Gasteiger charge is -2.13. The van der Waals surface area contributed by atoms with Crippen LogP contribution < -0.4 is 10.1 Å². The molecule has 2 rings (SSSR count). The second-order valence-electron chi connectivity index (χ2n) is 5.17. The Kier molecular flexibility index (Phi) is 5.39. The molecule has 1 amide bonds. The van der Waals surface area contributed by atoms with Gasteiger partial charge in [0.15, 0.2) is 0 Å². The smallest absolute Gasteiger partial charge is 0.223 e. The Hall–Kier alpha value is -1.81. The number of carbonyl (C=O) groups is 1. The van der Waals surface area contributed by atoms with Gasteiger partial charge in [0.25, 0.3) is 0 Å². The average molecular weight is 303 g/mol. The summed E-state index contributed by atoms with van der Waals surface area (Å²) >= 11 is 1.65. The van der Waals surface area contributed by atoms with Gasteiger partial charge in [-0.1, -0.05) is 18.2 Å². The lowest BCUT2D eigenvalue weighted by atomic mass is 10.1. The Morgan fingerprint density at radius 3 is 2.86 bits per heavy atom. The van der Waals surface area contributed by atoms with Gasteiger partial charge in [-0.2, -0.15) is 0 Å². The maximum atomic E-state index is 11.9. The van der Waals surface area contributed by atoms with E-state index in [0.29, 0.717) is 13.0 Å². The molecule has 0 saturated carbocycles. The number of rotatable bonds is 6. The molecule has 4 heteroatoms. The summed E-state index contributed by atoms with van der Waals surface area (Å²) in [6, 6.07) is 10.2. The number of thiophene rings is 1. The Morgan fingerprint density at radius 2 is 2.14 bits per heavy atom. The monoisotopic (exact) mass is 303 g/mol. The average Bonchev–Trinajstić information content (AvgIpc) is 2.97. The lowest BCUT2D eigenvalue weighted by Crippen LogP contribution is -2.27. The van der Waals surface area contributed by atoms with Crippen LogP contribution in [0.5, 0.6) is 5.75 Å². The highest BCUT2D eigenvalue weighted by Crippen LogP contribution is 2.20. The fourth-order valence-corrected chi connectivity index (χ4v) is 2.77. The molecular weight excluding hydrogens is 282 g/mol. The van der Waals surface area contributed by atoms with Gasteiger partial charge in [0.05, 0.1) is 19.1 Å². The molecule has 3 nitrogen and oxygen atoms in total. The van der Waals surface area contributed by atoms with E-state index in [2.05, 4.69) is 11.4 Å². The number of benzene rings is 1. The summed E-state index contributed by atoms with van der Waals surface area (Å²) in [5.74, 6) is 0.871. The third kappa shape index (κ3) is 4.60. The topological polar surface area (TPSA) is 38.3 Å². The summed E-state index contributed by atoms with van der Waals surface area (Å²) in [5.41, 5.74) is 2.25. The fraction of sp³-hybridized carbons (Fsp3) is 0.353. The van der Waals surface area contributed by atoms with Crippen LogP contribution in [0.2, 0.25) is 0 Å². The maximum Gasteiger partial charge on any atom is 0.223 e. The van der Waals surface area contributed by atoms with Gasteiger partial charge in [0.1, 0.15) is 5.75 Å². The van der Waals surface area contributed by atoms with E-state index in [1.807, 2.05) is 50.4 Å². The number of hydrogen-bond donors (Lipinski definition) is 1. The summed E-state index contributed by atoms with van der Waals surface area (Å²) in [6.07, 6.45) is 0.364. The van der Waals surface area contributed by atoms with Crippen LogP contribution >= 0.6 is 11.3 Å². The van der Waals surface area contributed by atoms with E-state index >= 15 is 0 Å². The summed E-state index contributed by atoms with van der Waals surface area (Å²) in [7, 11) is 0. The van der Waals surface area contributed by atoms with Gasteiger partial charge in [0.2, 0.25) is 5.91 Å². The zero-order valence-electron chi connectivity index (χ0n) is 12.7. The van der Waals surface area contributed by atoms with Gasteiger partial charge in [-0.15, -0.1) is 11.3 Å². The Balaban J connectivity index is 1.78. The van der Waals surface area contributed by atoms with E-state index in [1.165, 1.54) is 4.88 Å². The predicted octanol–water partition coefficient (Wildman–Crippen LogP) is 4.01. The first kappa shape index (κ1) is 15.6. The zero-order valence-corrected chi connectivity index (χ0v) is 13.5. The molecule has 2 aromatic rings.